The molecule has 0 heterocycles. The number of hydrogen-bond donors (Lipinski definition) is 0. The number of unbranched alkanes of at least 4 members (excludes halogenated alkanes) is 36. The van der Waals surface area contributed by atoms with Gasteiger partial charge in [-0.2, -0.15) is 0 Å². The zero-order chi connectivity index (χ0) is 58.5. The molecule has 0 fully saturated rings. The molecule has 1 atom stereocenters. The summed E-state index contributed by atoms with van der Waals surface area (Å²) in [5, 5.41) is 0. The van der Waals surface area contributed by atoms with Crippen molar-refractivity contribution in [2.24, 2.45) is 0 Å². The molecule has 0 aromatic heterocycles. The van der Waals surface area contributed by atoms with Crippen LogP contribution in [-0.2, 0) is 28.6 Å². The van der Waals surface area contributed by atoms with Crippen LogP contribution in [0.5, 0.6) is 0 Å². The number of carbonyl (C=O) groups is 3. The Hall–Kier alpha value is -3.67. The van der Waals surface area contributed by atoms with Crippen LogP contribution >= 0.6 is 0 Å². The molecule has 0 aliphatic heterocycles. The standard InChI is InChI=1S/C75H130O6/c1-4-7-10-13-16-19-21-23-25-27-29-31-33-35-37-39-41-43-45-47-49-51-53-56-59-62-65-68-74(77)80-71-72(70-79-73(76)67-64-61-58-55-18-15-12-9-6-3)81-75(78)69-66-63-60-57-54-52-50-48-46-44-42-40-38-36-34-32-30-28-26-24-22-20-17-14-11-8-5-2/h7,10,16,19,23,25,29,31,35,37,41,43,47,49,53,56,72H,4-6,8-9,11-15,17-18,20-22,24,26-28,30,32-34,36,38-40,42,44-46,48,50-52,54-55,57-71H2,1-3H3/b10-7-,19-16-,25-23-,31-29-,37-35-,43-41-,49-47-,56-53-. The summed E-state index contributed by atoms with van der Waals surface area (Å²) in [6.07, 6.45) is 93.1. The maximum Gasteiger partial charge on any atom is 0.306 e. The molecule has 6 nitrogen and oxygen atoms in total. The third-order valence-electron chi connectivity index (χ3n) is 15.1. The molecule has 0 radical (unpaired) electrons. The average Bonchev–Trinajstić information content (AvgIpc) is 3.47. The van der Waals surface area contributed by atoms with E-state index >= 15 is 0 Å². The van der Waals surface area contributed by atoms with Crippen LogP contribution in [0.2, 0.25) is 0 Å². The first-order valence-electron chi connectivity index (χ1n) is 34.7. The third kappa shape index (κ3) is 67.0. The lowest BCUT2D eigenvalue weighted by atomic mass is 10.0. The predicted octanol–water partition coefficient (Wildman–Crippen LogP) is 24.0. The molecule has 0 amide bonds. The molecule has 0 aromatic rings. The van der Waals surface area contributed by atoms with Gasteiger partial charge in [0, 0.05) is 19.3 Å². The number of allylic oxidation sites excluding steroid dienone is 16. The Kier molecular flexibility index (Phi) is 65.7. The molecular formula is C75H130O6. The lowest BCUT2D eigenvalue weighted by Gasteiger charge is -2.18. The molecule has 0 aliphatic carbocycles. The first kappa shape index (κ1) is 77.3. The number of hydrogen-bond acceptors (Lipinski definition) is 6. The average molecular weight is 1130 g/mol. The molecule has 0 N–H and O–H groups in total. The van der Waals surface area contributed by atoms with Gasteiger partial charge in [-0.15, -0.1) is 0 Å². The third-order valence-corrected chi connectivity index (χ3v) is 15.1. The fourth-order valence-corrected chi connectivity index (χ4v) is 9.93. The van der Waals surface area contributed by atoms with Gasteiger partial charge in [-0.05, 0) is 83.5 Å². The van der Waals surface area contributed by atoms with Crippen LogP contribution in [0.3, 0.4) is 0 Å². The van der Waals surface area contributed by atoms with Crippen molar-refractivity contribution in [3.63, 3.8) is 0 Å². The topological polar surface area (TPSA) is 78.9 Å². The van der Waals surface area contributed by atoms with E-state index in [9.17, 15) is 14.4 Å². The first-order chi connectivity index (χ1) is 40.0. The van der Waals surface area contributed by atoms with Crippen molar-refractivity contribution in [3.05, 3.63) is 97.2 Å². The van der Waals surface area contributed by atoms with E-state index in [2.05, 4.69) is 118 Å². The van der Waals surface area contributed by atoms with Gasteiger partial charge in [0.1, 0.15) is 13.2 Å². The van der Waals surface area contributed by atoms with Crippen LogP contribution < -0.4 is 0 Å². The van der Waals surface area contributed by atoms with Gasteiger partial charge in [0.05, 0.1) is 0 Å². The highest BCUT2D eigenvalue weighted by molar-refractivity contribution is 5.71. The zero-order valence-corrected chi connectivity index (χ0v) is 53.5. The second-order valence-electron chi connectivity index (χ2n) is 23.1. The quantitative estimate of drug-likeness (QED) is 0.0261. The number of esters is 3. The van der Waals surface area contributed by atoms with E-state index in [0.717, 1.165) is 109 Å². The van der Waals surface area contributed by atoms with Crippen molar-refractivity contribution in [2.75, 3.05) is 13.2 Å². The molecule has 0 bridgehead atoms. The second-order valence-corrected chi connectivity index (χ2v) is 23.1. The van der Waals surface area contributed by atoms with E-state index < -0.39 is 6.10 Å². The smallest absolute Gasteiger partial charge is 0.306 e. The van der Waals surface area contributed by atoms with Crippen molar-refractivity contribution in [1.29, 1.82) is 0 Å². The number of carbonyl (C=O) groups excluding carboxylic acids is 3. The summed E-state index contributed by atoms with van der Waals surface area (Å²) < 4.78 is 16.9. The molecule has 0 aliphatic rings. The maximum atomic E-state index is 12.9. The van der Waals surface area contributed by atoms with Crippen LogP contribution in [0, 0.1) is 0 Å². The van der Waals surface area contributed by atoms with Gasteiger partial charge in [0.2, 0.25) is 0 Å². The van der Waals surface area contributed by atoms with Gasteiger partial charge < -0.3 is 14.2 Å². The Morgan fingerprint density at radius 2 is 0.481 bits per heavy atom. The van der Waals surface area contributed by atoms with Crippen LogP contribution in [0.1, 0.15) is 342 Å². The Bertz CT molecular complexity index is 1580. The summed E-state index contributed by atoms with van der Waals surface area (Å²) >= 11 is 0. The highest BCUT2D eigenvalue weighted by Gasteiger charge is 2.19. The summed E-state index contributed by atoms with van der Waals surface area (Å²) in [5.74, 6) is -0.922. The van der Waals surface area contributed by atoms with Gasteiger partial charge in [0.15, 0.2) is 6.10 Å². The molecule has 0 rings (SSSR count). The lowest BCUT2D eigenvalue weighted by molar-refractivity contribution is -0.167. The molecule has 0 saturated heterocycles. The molecule has 1 unspecified atom stereocenters. The summed E-state index contributed by atoms with van der Waals surface area (Å²) in [4.78, 5) is 38.3. The fourth-order valence-electron chi connectivity index (χ4n) is 9.93. The first-order valence-corrected chi connectivity index (χ1v) is 34.7. The molecule has 0 spiro atoms. The zero-order valence-electron chi connectivity index (χ0n) is 53.5. The normalized spacial score (nSPS) is 12.7. The molecule has 466 valence electrons. The van der Waals surface area contributed by atoms with Gasteiger partial charge in [0.25, 0.3) is 0 Å². The predicted molar refractivity (Wildman–Crippen MR) is 353 cm³/mol. The summed E-state index contributed by atoms with van der Waals surface area (Å²) in [7, 11) is 0. The van der Waals surface area contributed by atoms with Crippen LogP contribution in [0.15, 0.2) is 97.2 Å². The van der Waals surface area contributed by atoms with Gasteiger partial charge in [-0.3, -0.25) is 14.4 Å². The van der Waals surface area contributed by atoms with Crippen molar-refractivity contribution < 1.29 is 28.6 Å². The fraction of sp³-hybridized carbons (Fsp3) is 0.747. The highest BCUT2D eigenvalue weighted by atomic mass is 16.6. The summed E-state index contributed by atoms with van der Waals surface area (Å²) in [5.41, 5.74) is 0. The van der Waals surface area contributed by atoms with Gasteiger partial charge in [-0.1, -0.05) is 336 Å². The molecular weight excluding hydrogens is 997 g/mol. The van der Waals surface area contributed by atoms with Gasteiger partial charge >= 0.3 is 17.9 Å². The second kappa shape index (κ2) is 68.8. The minimum Gasteiger partial charge on any atom is -0.462 e. The Labute approximate surface area is 502 Å². The van der Waals surface area contributed by atoms with Crippen molar-refractivity contribution in [3.8, 4) is 0 Å². The molecule has 0 saturated carbocycles. The molecule has 6 heteroatoms. The molecule has 81 heavy (non-hydrogen) atoms. The Morgan fingerprint density at radius 3 is 0.753 bits per heavy atom. The maximum absolute atomic E-state index is 12.9. The molecule has 0 aromatic carbocycles. The minimum absolute atomic E-state index is 0.0878. The van der Waals surface area contributed by atoms with E-state index in [1.54, 1.807) is 0 Å². The monoisotopic (exact) mass is 1130 g/mol. The van der Waals surface area contributed by atoms with Crippen molar-refractivity contribution in [1.82, 2.24) is 0 Å². The van der Waals surface area contributed by atoms with Gasteiger partial charge in [-0.25, -0.2) is 0 Å². The largest absolute Gasteiger partial charge is 0.462 e. The number of rotatable bonds is 63. The van der Waals surface area contributed by atoms with E-state index in [-0.39, 0.29) is 31.1 Å². The van der Waals surface area contributed by atoms with E-state index in [1.165, 1.54) is 193 Å². The van der Waals surface area contributed by atoms with Crippen LogP contribution in [-0.4, -0.2) is 37.2 Å². The minimum atomic E-state index is -0.794. The van der Waals surface area contributed by atoms with Crippen LogP contribution in [0.4, 0.5) is 0 Å². The van der Waals surface area contributed by atoms with E-state index in [0.29, 0.717) is 19.3 Å². The lowest BCUT2D eigenvalue weighted by Crippen LogP contribution is -2.30. The van der Waals surface area contributed by atoms with Crippen molar-refractivity contribution in [2.45, 2.75) is 348 Å². The Morgan fingerprint density at radius 1 is 0.259 bits per heavy atom. The SMILES string of the molecule is CC/C=C\C/C=C\C/C=C\C/C=C\C/C=C\C/C=C\C/C=C\C/C=C\CCCCC(=O)OCC(COC(=O)CCCCCCCCCCC)OC(=O)CCCCCCCCCCCCCCCCCCCCCCCCCCCCC. The number of ether oxygens (including phenoxy) is 3. The highest BCUT2D eigenvalue weighted by Crippen LogP contribution is 2.18. The summed E-state index contributed by atoms with van der Waals surface area (Å²) in [6, 6.07) is 0. The van der Waals surface area contributed by atoms with Crippen molar-refractivity contribution >= 4 is 17.9 Å². The Balaban J connectivity index is 4.24. The summed E-state index contributed by atoms with van der Waals surface area (Å²) in [6.45, 7) is 6.51. The van der Waals surface area contributed by atoms with E-state index in [1.807, 2.05) is 0 Å². The van der Waals surface area contributed by atoms with Crippen LogP contribution in [0.25, 0.3) is 0 Å². The van der Waals surface area contributed by atoms with E-state index in [4.69, 9.17) is 14.2 Å².